The number of hydrogen-bond donors (Lipinski definition) is 2. The van der Waals surface area contributed by atoms with E-state index in [1.807, 2.05) is 0 Å². The maximum atomic E-state index is 13.1. The second-order valence-electron chi connectivity index (χ2n) is 5.60. The number of fused-ring (bicyclic) bond motifs is 1. The summed E-state index contributed by atoms with van der Waals surface area (Å²) in [5.74, 6) is -1.23. The molecule has 2 aromatic carbocycles. The summed E-state index contributed by atoms with van der Waals surface area (Å²) in [4.78, 5) is 7.11. The van der Waals surface area contributed by atoms with Crippen LogP contribution in [0.2, 0.25) is 0 Å². The van der Waals surface area contributed by atoms with E-state index in [0.717, 1.165) is 0 Å². The van der Waals surface area contributed by atoms with Crippen molar-refractivity contribution in [2.24, 2.45) is 5.14 Å². The van der Waals surface area contributed by atoms with Crippen LogP contribution in [0.25, 0.3) is 10.9 Å². The van der Waals surface area contributed by atoms with E-state index < -0.39 is 22.0 Å². The average molecular weight is 461 g/mol. The molecule has 0 amide bonds. The molecule has 1 heterocycles. The second-order valence-corrected chi connectivity index (χ2v) is 8.07. The molecule has 11 heteroatoms. The SMILES string of the molecule is NS(=O)(=O)c1ccc(CNc2nc(C(F)(F)F)nc3ccc(Br)cc23)cc1. The Balaban J connectivity index is 1.94. The number of alkyl halides is 3. The Morgan fingerprint density at radius 3 is 2.33 bits per heavy atom. The Labute approximate surface area is 160 Å². The lowest BCUT2D eigenvalue weighted by Crippen LogP contribution is -2.14. The molecule has 0 aliphatic heterocycles. The average Bonchev–Trinajstić information content (AvgIpc) is 2.58. The van der Waals surface area contributed by atoms with E-state index in [4.69, 9.17) is 5.14 Å². The van der Waals surface area contributed by atoms with Gasteiger partial charge in [-0.1, -0.05) is 28.1 Å². The number of hydrogen-bond acceptors (Lipinski definition) is 5. The summed E-state index contributed by atoms with van der Waals surface area (Å²) in [6, 6.07) is 10.3. The molecular formula is C16H12BrF3N4O2S. The molecule has 0 bridgehead atoms. The molecule has 3 aromatic rings. The number of anilines is 1. The summed E-state index contributed by atoms with van der Waals surface area (Å²) in [6.07, 6.45) is -4.69. The highest BCUT2D eigenvalue weighted by atomic mass is 79.9. The molecule has 0 fully saturated rings. The van der Waals surface area contributed by atoms with E-state index in [-0.39, 0.29) is 22.8 Å². The summed E-state index contributed by atoms with van der Waals surface area (Å²) in [6.45, 7) is 0.126. The molecule has 0 aliphatic carbocycles. The van der Waals surface area contributed by atoms with Gasteiger partial charge >= 0.3 is 6.18 Å². The molecule has 0 radical (unpaired) electrons. The van der Waals surface area contributed by atoms with Crippen molar-refractivity contribution in [2.45, 2.75) is 17.6 Å². The maximum Gasteiger partial charge on any atom is 0.451 e. The zero-order valence-electron chi connectivity index (χ0n) is 13.5. The van der Waals surface area contributed by atoms with E-state index in [1.54, 1.807) is 12.1 Å². The highest BCUT2D eigenvalue weighted by molar-refractivity contribution is 9.10. The van der Waals surface area contributed by atoms with Crippen molar-refractivity contribution >= 4 is 42.7 Å². The van der Waals surface area contributed by atoms with E-state index >= 15 is 0 Å². The standard InChI is InChI=1S/C16H12BrF3N4O2S/c17-10-3-6-13-12(7-10)14(24-15(23-13)16(18,19)20)22-8-9-1-4-11(5-2-9)27(21,25)26/h1-7H,8H2,(H2,21,25,26)(H,22,23,24). The van der Waals surface area contributed by atoms with Crippen LogP contribution < -0.4 is 10.5 Å². The van der Waals surface area contributed by atoms with Gasteiger partial charge in [-0.3, -0.25) is 0 Å². The Morgan fingerprint density at radius 2 is 1.74 bits per heavy atom. The molecule has 1 aromatic heterocycles. The molecule has 0 spiro atoms. The molecule has 27 heavy (non-hydrogen) atoms. The van der Waals surface area contributed by atoms with Crippen molar-refractivity contribution in [1.29, 1.82) is 0 Å². The molecule has 142 valence electrons. The van der Waals surface area contributed by atoms with E-state index in [1.165, 1.54) is 30.3 Å². The molecule has 3 rings (SSSR count). The quantitative estimate of drug-likeness (QED) is 0.618. The lowest BCUT2D eigenvalue weighted by atomic mass is 10.2. The smallest absolute Gasteiger partial charge is 0.365 e. The third-order valence-corrected chi connectivity index (χ3v) is 5.05. The topological polar surface area (TPSA) is 98.0 Å². The minimum Gasteiger partial charge on any atom is -0.365 e. The fraction of sp³-hybridized carbons (Fsp3) is 0.125. The van der Waals surface area contributed by atoms with Crippen LogP contribution in [0.15, 0.2) is 51.8 Å². The van der Waals surface area contributed by atoms with Gasteiger partial charge in [0.2, 0.25) is 15.8 Å². The van der Waals surface area contributed by atoms with Crippen molar-refractivity contribution in [3.63, 3.8) is 0 Å². The second kappa shape index (κ2) is 7.06. The maximum absolute atomic E-state index is 13.1. The van der Waals surface area contributed by atoms with Crippen molar-refractivity contribution in [2.75, 3.05) is 5.32 Å². The first-order chi connectivity index (χ1) is 12.5. The molecule has 0 unspecified atom stereocenters. The van der Waals surface area contributed by atoms with Crippen LogP contribution in [-0.2, 0) is 22.7 Å². The van der Waals surface area contributed by atoms with Crippen LogP contribution in [0.1, 0.15) is 11.4 Å². The van der Waals surface area contributed by atoms with Crippen LogP contribution >= 0.6 is 15.9 Å². The molecule has 0 saturated heterocycles. The summed E-state index contributed by atoms with van der Waals surface area (Å²) in [7, 11) is -3.81. The lowest BCUT2D eigenvalue weighted by Gasteiger charge is -2.13. The number of primary sulfonamides is 1. The number of nitrogens with one attached hydrogen (secondary N) is 1. The van der Waals surface area contributed by atoms with Crippen LogP contribution in [0, 0.1) is 0 Å². The fourth-order valence-corrected chi connectivity index (χ4v) is 3.22. The normalized spacial score (nSPS) is 12.3. The summed E-state index contributed by atoms with van der Waals surface area (Å²) < 4.78 is 62.4. The van der Waals surface area contributed by atoms with Crippen molar-refractivity contribution in [3.05, 3.63) is 58.3 Å². The first kappa shape index (κ1) is 19.5. The van der Waals surface area contributed by atoms with Gasteiger partial charge in [-0.2, -0.15) is 13.2 Å². The number of nitrogens with two attached hydrogens (primary N) is 1. The summed E-state index contributed by atoms with van der Waals surface area (Å²) in [5, 5.41) is 8.30. The Hall–Kier alpha value is -2.24. The number of aromatic nitrogens is 2. The van der Waals surface area contributed by atoms with Crippen LogP contribution in [0.3, 0.4) is 0 Å². The molecule has 0 saturated carbocycles. The Kier molecular flexibility index (Phi) is 5.10. The number of nitrogens with zero attached hydrogens (tertiary/aromatic N) is 2. The first-order valence-corrected chi connectivity index (χ1v) is 9.78. The van der Waals surface area contributed by atoms with Crippen molar-refractivity contribution in [3.8, 4) is 0 Å². The van der Waals surface area contributed by atoms with E-state index in [9.17, 15) is 21.6 Å². The number of halogens is 4. The molecule has 0 atom stereocenters. The molecule has 3 N–H and O–H groups in total. The first-order valence-electron chi connectivity index (χ1n) is 7.44. The summed E-state index contributed by atoms with van der Waals surface area (Å²) in [5.41, 5.74) is 0.783. The minimum absolute atomic E-state index is 0.0177. The number of sulfonamides is 1. The zero-order valence-corrected chi connectivity index (χ0v) is 15.9. The largest absolute Gasteiger partial charge is 0.451 e. The van der Waals surface area contributed by atoms with Gasteiger partial charge in [0.05, 0.1) is 10.4 Å². The third kappa shape index (κ3) is 4.54. The van der Waals surface area contributed by atoms with Gasteiger partial charge in [0.25, 0.3) is 0 Å². The van der Waals surface area contributed by atoms with Gasteiger partial charge in [0.1, 0.15) is 5.82 Å². The third-order valence-electron chi connectivity index (χ3n) is 3.62. The van der Waals surface area contributed by atoms with E-state index in [2.05, 4.69) is 31.2 Å². The fourth-order valence-electron chi connectivity index (χ4n) is 2.34. The van der Waals surface area contributed by atoms with Crippen LogP contribution in [0.5, 0.6) is 0 Å². The van der Waals surface area contributed by atoms with Crippen LogP contribution in [-0.4, -0.2) is 18.4 Å². The highest BCUT2D eigenvalue weighted by Crippen LogP contribution is 2.31. The Morgan fingerprint density at radius 1 is 1.07 bits per heavy atom. The van der Waals surface area contributed by atoms with Crippen LogP contribution in [0.4, 0.5) is 19.0 Å². The minimum atomic E-state index is -4.69. The van der Waals surface area contributed by atoms with Crippen molar-refractivity contribution in [1.82, 2.24) is 9.97 Å². The molecule has 0 aliphatic rings. The predicted molar refractivity (Wildman–Crippen MR) is 97.4 cm³/mol. The van der Waals surface area contributed by atoms with Gasteiger partial charge in [-0.25, -0.2) is 23.5 Å². The van der Waals surface area contributed by atoms with Gasteiger partial charge in [-0.05, 0) is 35.9 Å². The summed E-state index contributed by atoms with van der Waals surface area (Å²) >= 11 is 3.27. The monoisotopic (exact) mass is 460 g/mol. The Bertz CT molecular complexity index is 1100. The van der Waals surface area contributed by atoms with Crippen molar-refractivity contribution < 1.29 is 21.6 Å². The highest BCUT2D eigenvalue weighted by Gasteiger charge is 2.35. The van der Waals surface area contributed by atoms with Gasteiger partial charge < -0.3 is 5.32 Å². The van der Waals surface area contributed by atoms with Gasteiger partial charge in [-0.15, -0.1) is 0 Å². The molecular weight excluding hydrogens is 449 g/mol. The number of rotatable bonds is 4. The molecule has 6 nitrogen and oxygen atoms in total. The predicted octanol–water partition coefficient (Wildman–Crippen LogP) is 3.67. The zero-order chi connectivity index (χ0) is 19.8. The van der Waals surface area contributed by atoms with E-state index in [0.29, 0.717) is 15.4 Å². The number of benzene rings is 2. The lowest BCUT2D eigenvalue weighted by molar-refractivity contribution is -0.144. The van der Waals surface area contributed by atoms with Gasteiger partial charge in [0, 0.05) is 16.4 Å². The van der Waals surface area contributed by atoms with Gasteiger partial charge in [0.15, 0.2) is 0 Å².